The van der Waals surface area contributed by atoms with E-state index in [1.54, 1.807) is 22.6 Å². The summed E-state index contributed by atoms with van der Waals surface area (Å²) in [5.41, 5.74) is 8.31. The van der Waals surface area contributed by atoms with Crippen molar-refractivity contribution < 1.29 is 4.79 Å². The lowest BCUT2D eigenvalue weighted by Crippen LogP contribution is -2.28. The Morgan fingerprint density at radius 1 is 1.21 bits per heavy atom. The molecule has 0 aliphatic carbocycles. The van der Waals surface area contributed by atoms with E-state index < -0.39 is 0 Å². The Bertz CT molecular complexity index is 1090. The minimum absolute atomic E-state index is 0.0565. The number of aryl methyl sites for hydroxylation is 3. The van der Waals surface area contributed by atoms with E-state index in [-0.39, 0.29) is 17.0 Å². The number of nitrogens with one attached hydrogen (secondary N) is 2. The smallest absolute Gasteiger partial charge is 0.273 e. The summed E-state index contributed by atoms with van der Waals surface area (Å²) in [5, 5.41) is 16.1. The molecular formula is C20H21N7OS. The highest BCUT2D eigenvalue weighted by Crippen LogP contribution is 2.32. The van der Waals surface area contributed by atoms with E-state index in [4.69, 9.17) is 0 Å². The topological polar surface area (TPSA) is 97.1 Å². The van der Waals surface area contributed by atoms with Gasteiger partial charge in [-0.3, -0.25) is 15.2 Å². The van der Waals surface area contributed by atoms with Crippen molar-refractivity contribution in [3.63, 3.8) is 0 Å². The number of rotatable bonds is 5. The number of thioether (sulfide) groups is 1. The van der Waals surface area contributed by atoms with E-state index in [0.717, 1.165) is 22.1 Å². The maximum Gasteiger partial charge on any atom is 0.273 e. The Kier molecular flexibility index (Phi) is 5.30. The molecule has 0 fully saturated rings. The summed E-state index contributed by atoms with van der Waals surface area (Å²) in [5.74, 6) is -0.295. The molecule has 2 aromatic heterocycles. The van der Waals surface area contributed by atoms with Gasteiger partial charge in [-0.1, -0.05) is 41.2 Å². The summed E-state index contributed by atoms with van der Waals surface area (Å²) in [6.07, 6.45) is 1.60. The predicted molar refractivity (Wildman–Crippen MR) is 113 cm³/mol. The van der Waals surface area contributed by atoms with E-state index in [9.17, 15) is 4.79 Å². The molecule has 1 unspecified atom stereocenters. The van der Waals surface area contributed by atoms with Crippen LogP contribution in [0.2, 0.25) is 0 Å². The number of benzene rings is 1. The largest absolute Gasteiger partial charge is 0.344 e. The van der Waals surface area contributed by atoms with Crippen LogP contribution >= 0.6 is 11.8 Å². The van der Waals surface area contributed by atoms with E-state index in [1.165, 1.54) is 11.1 Å². The molecule has 148 valence electrons. The van der Waals surface area contributed by atoms with E-state index in [1.807, 2.05) is 38.1 Å². The molecule has 4 rings (SSSR count). The van der Waals surface area contributed by atoms with Gasteiger partial charge < -0.3 is 5.32 Å². The number of hydrogen-bond acceptors (Lipinski definition) is 7. The minimum Gasteiger partial charge on any atom is -0.344 e. The Hall–Kier alpha value is -3.20. The van der Waals surface area contributed by atoms with E-state index >= 15 is 0 Å². The highest BCUT2D eigenvalue weighted by Gasteiger charge is 2.23. The molecule has 1 aliphatic rings. The van der Waals surface area contributed by atoms with Gasteiger partial charge in [0.25, 0.3) is 5.91 Å². The lowest BCUT2D eigenvalue weighted by molar-refractivity contribution is 0.0954. The van der Waals surface area contributed by atoms with Gasteiger partial charge in [-0.25, -0.2) is 4.68 Å². The average molecular weight is 408 g/mol. The summed E-state index contributed by atoms with van der Waals surface area (Å²) in [6, 6.07) is 12.0. The second-order valence-corrected chi connectivity index (χ2v) is 7.96. The van der Waals surface area contributed by atoms with Crippen LogP contribution in [0.4, 0.5) is 0 Å². The molecule has 1 amide bonds. The lowest BCUT2D eigenvalue weighted by Gasteiger charge is -2.12. The van der Waals surface area contributed by atoms with Crippen LogP contribution in [0.15, 0.2) is 47.7 Å². The first-order chi connectivity index (χ1) is 14.0. The van der Waals surface area contributed by atoms with Gasteiger partial charge in [0.1, 0.15) is 10.4 Å². The summed E-state index contributed by atoms with van der Waals surface area (Å²) >= 11 is 1.60. The second-order valence-electron chi connectivity index (χ2n) is 6.78. The summed E-state index contributed by atoms with van der Waals surface area (Å²) in [7, 11) is 0. The third-order valence-electron chi connectivity index (χ3n) is 4.60. The molecule has 0 bridgehead atoms. The molecule has 2 N–H and O–H groups in total. The Balaban J connectivity index is 1.36. The molecule has 3 heterocycles. The highest BCUT2D eigenvalue weighted by atomic mass is 32.2. The van der Waals surface area contributed by atoms with Crippen LogP contribution in [0, 0.1) is 20.8 Å². The third kappa shape index (κ3) is 4.14. The zero-order valence-electron chi connectivity index (χ0n) is 16.4. The van der Waals surface area contributed by atoms with Gasteiger partial charge in [0, 0.05) is 5.69 Å². The van der Waals surface area contributed by atoms with Gasteiger partial charge in [0.2, 0.25) is 0 Å². The Morgan fingerprint density at radius 2 is 2.03 bits per heavy atom. The number of hydrogen-bond donors (Lipinski definition) is 2. The monoisotopic (exact) mass is 407 g/mol. The maximum absolute atomic E-state index is 12.5. The molecule has 8 nitrogen and oxygen atoms in total. The predicted octanol–water partition coefficient (Wildman–Crippen LogP) is 2.67. The number of hydrazone groups is 1. The van der Waals surface area contributed by atoms with Crippen molar-refractivity contribution in [2.24, 2.45) is 5.10 Å². The molecule has 0 saturated heterocycles. The zero-order valence-corrected chi connectivity index (χ0v) is 17.2. The first-order valence-electron chi connectivity index (χ1n) is 9.20. The fourth-order valence-corrected chi connectivity index (χ4v) is 4.10. The van der Waals surface area contributed by atoms with Crippen LogP contribution in [0.25, 0.3) is 5.69 Å². The van der Waals surface area contributed by atoms with Gasteiger partial charge >= 0.3 is 0 Å². The number of amides is 1. The Morgan fingerprint density at radius 3 is 2.83 bits per heavy atom. The molecule has 0 radical (unpaired) electrons. The highest BCUT2D eigenvalue weighted by molar-refractivity contribution is 8.14. The standard InChI is InChI=1S/C20H21N7OS/c1-12-6-4-5-7-15(12)20-25-24-18(29-20)10-21-19(28)16-11-27(26-23-16)17-9-8-13(2)22-14(17)3/h4-9,11,20,25H,10H2,1-3H3,(H,21,28). The second kappa shape index (κ2) is 8.04. The van der Waals surface area contributed by atoms with Crippen molar-refractivity contribution >= 4 is 22.7 Å². The zero-order chi connectivity index (χ0) is 20.4. The van der Waals surface area contributed by atoms with E-state index in [2.05, 4.69) is 50.2 Å². The first kappa shape index (κ1) is 19.1. The van der Waals surface area contributed by atoms with Crippen LogP contribution in [-0.2, 0) is 0 Å². The number of carbonyl (C=O) groups is 1. The SMILES string of the molecule is Cc1ccc(-n2cc(C(=O)NCC3=NNC(c4ccccc4C)S3)nn2)c(C)n1. The summed E-state index contributed by atoms with van der Waals surface area (Å²) in [6.45, 7) is 6.24. The van der Waals surface area contributed by atoms with Crippen LogP contribution in [-0.4, -0.2) is 37.5 Å². The molecule has 29 heavy (non-hydrogen) atoms. The molecule has 0 spiro atoms. The van der Waals surface area contributed by atoms with Crippen molar-refractivity contribution in [3.8, 4) is 5.69 Å². The van der Waals surface area contributed by atoms with Gasteiger partial charge in [0.15, 0.2) is 5.69 Å². The average Bonchev–Trinajstić information content (AvgIpc) is 3.36. The van der Waals surface area contributed by atoms with Gasteiger partial charge in [-0.2, -0.15) is 5.10 Å². The number of carbonyl (C=O) groups excluding carboxylic acids is 1. The van der Waals surface area contributed by atoms with Crippen molar-refractivity contribution in [1.82, 2.24) is 30.7 Å². The molecule has 1 aromatic carbocycles. The van der Waals surface area contributed by atoms with Gasteiger partial charge in [0.05, 0.1) is 24.1 Å². The number of pyridine rings is 1. The normalized spacial score (nSPS) is 15.7. The molecular weight excluding hydrogens is 386 g/mol. The van der Waals surface area contributed by atoms with Crippen molar-refractivity contribution in [3.05, 3.63) is 70.8 Å². The van der Waals surface area contributed by atoms with Gasteiger partial charge in [-0.05, 0) is 44.0 Å². The van der Waals surface area contributed by atoms with Crippen molar-refractivity contribution in [2.45, 2.75) is 26.1 Å². The summed E-state index contributed by atoms with van der Waals surface area (Å²) in [4.78, 5) is 16.9. The molecule has 3 aromatic rings. The van der Waals surface area contributed by atoms with Crippen molar-refractivity contribution in [1.29, 1.82) is 0 Å². The lowest BCUT2D eigenvalue weighted by atomic mass is 10.1. The fourth-order valence-electron chi connectivity index (χ4n) is 3.07. The van der Waals surface area contributed by atoms with Crippen LogP contribution in [0.5, 0.6) is 0 Å². The van der Waals surface area contributed by atoms with Gasteiger partial charge in [-0.15, -0.1) is 5.10 Å². The quantitative estimate of drug-likeness (QED) is 0.675. The third-order valence-corrected chi connectivity index (χ3v) is 5.70. The maximum atomic E-state index is 12.5. The van der Waals surface area contributed by atoms with Crippen LogP contribution in [0.1, 0.15) is 38.4 Å². The van der Waals surface area contributed by atoms with Crippen LogP contribution < -0.4 is 10.7 Å². The fraction of sp³-hybridized carbons (Fsp3) is 0.250. The number of aromatic nitrogens is 4. The first-order valence-corrected chi connectivity index (χ1v) is 10.1. The molecule has 0 saturated carbocycles. The number of nitrogens with zero attached hydrogens (tertiary/aromatic N) is 5. The molecule has 1 atom stereocenters. The minimum atomic E-state index is -0.295. The van der Waals surface area contributed by atoms with E-state index in [0.29, 0.717) is 6.54 Å². The molecule has 9 heteroatoms. The van der Waals surface area contributed by atoms with Crippen LogP contribution in [0.3, 0.4) is 0 Å². The Labute approximate surface area is 172 Å². The molecule has 1 aliphatic heterocycles. The van der Waals surface area contributed by atoms with Crippen molar-refractivity contribution in [2.75, 3.05) is 6.54 Å². The summed E-state index contributed by atoms with van der Waals surface area (Å²) < 4.78 is 1.56.